The lowest BCUT2D eigenvalue weighted by Gasteiger charge is -1.98. The molecule has 0 aromatic rings. The maximum atomic E-state index is 11.3. The van der Waals surface area contributed by atoms with E-state index in [0.29, 0.717) is 0 Å². The van der Waals surface area contributed by atoms with Crippen LogP contribution in [0.25, 0.3) is 0 Å². The predicted octanol–water partition coefficient (Wildman–Crippen LogP) is 2.25. The average Bonchev–Trinajstić information content (AvgIpc) is 1.82. The Labute approximate surface area is 65.4 Å². The van der Waals surface area contributed by atoms with Gasteiger partial charge in [-0.2, -0.15) is 0 Å². The lowest BCUT2D eigenvalue weighted by molar-refractivity contribution is -0.146. The summed E-state index contributed by atoms with van der Waals surface area (Å²) >= 11 is 5.10. The Balaban J connectivity index is 3.63. The molecule has 0 amide bonds. The smallest absolute Gasteiger partial charge is 0.0974 e. The van der Waals surface area contributed by atoms with Gasteiger partial charge >= 0.3 is 0 Å². The van der Waals surface area contributed by atoms with Crippen LogP contribution in [0.2, 0.25) is 0 Å². The van der Waals surface area contributed by atoms with Crippen LogP contribution in [0.4, 0.5) is 17.9 Å². The number of hydrogen-bond donors (Lipinski definition) is 0. The molecule has 0 aliphatic rings. The molecule has 0 aromatic carbocycles. The van der Waals surface area contributed by atoms with Crippen LogP contribution >= 0.6 is 11.6 Å². The summed E-state index contributed by atoms with van der Waals surface area (Å²) < 4.78 is 45.2. The first-order valence-electron chi connectivity index (χ1n) is 2.55. The zero-order valence-corrected chi connectivity index (χ0v) is 6.03. The van der Waals surface area contributed by atoms with Crippen LogP contribution in [0.5, 0.6) is 0 Å². The molecule has 2 nitrogen and oxygen atoms in total. The molecule has 0 unspecified atom stereocenters. The van der Waals surface area contributed by atoms with Crippen LogP contribution in [-0.2, 0) is 0 Å². The van der Waals surface area contributed by atoms with E-state index in [2.05, 4.69) is 0 Å². The second-order valence-electron chi connectivity index (χ2n) is 1.60. The Morgan fingerprint density at radius 1 is 1.18 bits per heavy atom. The molecular weight excluding hydrogens is 188 g/mol. The quantitative estimate of drug-likeness (QED) is 0.498. The molecule has 0 heterocycles. The van der Waals surface area contributed by atoms with E-state index >= 15 is 0 Å². The fraction of sp³-hybridized carbons (Fsp3) is 0.500. The predicted molar refractivity (Wildman–Crippen MR) is 31.8 cm³/mol. The summed E-state index contributed by atoms with van der Waals surface area (Å²) in [6.07, 6.45) is 0.799. The zero-order chi connectivity index (χ0) is 8.85. The van der Waals surface area contributed by atoms with E-state index in [1.807, 2.05) is 0 Å². The van der Waals surface area contributed by atoms with Gasteiger partial charge in [-0.05, 0) is 6.08 Å². The molecule has 0 spiro atoms. The summed E-state index contributed by atoms with van der Waals surface area (Å²) in [5.74, 6) is 0. The molecular formula is C4H5ClF4N2. The third-order valence-corrected chi connectivity index (χ3v) is 0.995. The number of nitrogens with zero attached hydrogens (tertiary/aromatic N) is 2. The SMILES string of the molecule is FN(F)CC=C(Cl)CN(F)F. The molecule has 0 fully saturated rings. The Morgan fingerprint density at radius 3 is 2.09 bits per heavy atom. The van der Waals surface area contributed by atoms with Crippen molar-refractivity contribution in [2.45, 2.75) is 0 Å². The van der Waals surface area contributed by atoms with Crippen molar-refractivity contribution in [3.05, 3.63) is 11.1 Å². The molecule has 11 heavy (non-hydrogen) atoms. The van der Waals surface area contributed by atoms with Gasteiger partial charge in [0, 0.05) is 15.7 Å². The van der Waals surface area contributed by atoms with Crippen LogP contribution < -0.4 is 0 Å². The number of rotatable bonds is 4. The molecule has 0 radical (unpaired) electrons. The average molecular weight is 193 g/mol. The van der Waals surface area contributed by atoms with Gasteiger partial charge in [0.25, 0.3) is 0 Å². The molecule has 0 N–H and O–H groups in total. The van der Waals surface area contributed by atoms with E-state index in [0.717, 1.165) is 6.08 Å². The highest BCUT2D eigenvalue weighted by Crippen LogP contribution is 2.05. The monoisotopic (exact) mass is 192 g/mol. The van der Waals surface area contributed by atoms with Crippen molar-refractivity contribution in [3.63, 3.8) is 0 Å². The molecule has 66 valence electrons. The number of halogens is 5. The Bertz CT molecular complexity index is 138. The van der Waals surface area contributed by atoms with Crippen LogP contribution in [-0.4, -0.2) is 23.8 Å². The summed E-state index contributed by atoms with van der Waals surface area (Å²) in [5, 5.41) is -2.68. The van der Waals surface area contributed by atoms with E-state index in [4.69, 9.17) is 11.6 Å². The molecule has 0 saturated heterocycles. The summed E-state index contributed by atoms with van der Waals surface area (Å²) in [6, 6.07) is 0. The highest BCUT2D eigenvalue weighted by atomic mass is 35.5. The molecule has 0 atom stereocenters. The normalized spacial score (nSPS) is 13.2. The number of hydrogen-bond acceptors (Lipinski definition) is 2. The van der Waals surface area contributed by atoms with E-state index < -0.39 is 23.8 Å². The van der Waals surface area contributed by atoms with E-state index in [-0.39, 0.29) is 5.03 Å². The lowest BCUT2D eigenvalue weighted by Crippen LogP contribution is -2.05. The van der Waals surface area contributed by atoms with Crippen molar-refractivity contribution in [1.29, 1.82) is 0 Å². The molecule has 7 heteroatoms. The first-order valence-corrected chi connectivity index (χ1v) is 2.93. The summed E-state index contributed by atoms with van der Waals surface area (Å²) in [6.45, 7) is -1.60. The van der Waals surface area contributed by atoms with Crippen molar-refractivity contribution in [3.8, 4) is 0 Å². The van der Waals surface area contributed by atoms with Crippen molar-refractivity contribution >= 4 is 11.6 Å². The second-order valence-corrected chi connectivity index (χ2v) is 2.08. The van der Waals surface area contributed by atoms with Crippen LogP contribution in [0, 0.1) is 0 Å². The van der Waals surface area contributed by atoms with E-state index in [1.54, 1.807) is 0 Å². The van der Waals surface area contributed by atoms with Gasteiger partial charge in [-0.25, -0.2) is 0 Å². The van der Waals surface area contributed by atoms with Crippen LogP contribution in [0.15, 0.2) is 11.1 Å². The van der Waals surface area contributed by atoms with Crippen LogP contribution in [0.1, 0.15) is 0 Å². The van der Waals surface area contributed by atoms with Crippen molar-refractivity contribution in [2.75, 3.05) is 13.1 Å². The lowest BCUT2D eigenvalue weighted by atomic mass is 10.5. The van der Waals surface area contributed by atoms with Gasteiger partial charge in [0.05, 0.1) is 13.1 Å². The largest absolute Gasteiger partial charge is 0.101 e. The van der Waals surface area contributed by atoms with Gasteiger partial charge in [0.15, 0.2) is 0 Å². The first kappa shape index (κ1) is 10.7. The minimum Gasteiger partial charge on any atom is -0.101 e. The Morgan fingerprint density at radius 2 is 1.73 bits per heavy atom. The van der Waals surface area contributed by atoms with Gasteiger partial charge in [-0.1, -0.05) is 11.6 Å². The Hall–Kier alpha value is -0.330. The van der Waals surface area contributed by atoms with Crippen molar-refractivity contribution < 1.29 is 17.9 Å². The standard InChI is InChI=1S/C4H5ClF4N2/c5-4(3-11(8)9)1-2-10(6)7/h1H,2-3H2. The van der Waals surface area contributed by atoms with Crippen LogP contribution in [0.3, 0.4) is 0 Å². The van der Waals surface area contributed by atoms with E-state index in [1.165, 1.54) is 0 Å². The fourth-order valence-corrected chi connectivity index (χ4v) is 0.506. The minimum absolute atomic E-state index is 0.324. The van der Waals surface area contributed by atoms with Crippen molar-refractivity contribution in [2.24, 2.45) is 0 Å². The first-order chi connectivity index (χ1) is 5.02. The third-order valence-electron chi connectivity index (χ3n) is 0.721. The third kappa shape index (κ3) is 7.57. The highest BCUT2D eigenvalue weighted by molar-refractivity contribution is 6.29. The van der Waals surface area contributed by atoms with Gasteiger partial charge < -0.3 is 0 Å². The van der Waals surface area contributed by atoms with Gasteiger partial charge in [-0.15, -0.1) is 17.9 Å². The maximum absolute atomic E-state index is 11.3. The zero-order valence-electron chi connectivity index (χ0n) is 5.28. The molecule has 0 aromatic heterocycles. The topological polar surface area (TPSA) is 6.48 Å². The summed E-state index contributed by atoms with van der Waals surface area (Å²) in [4.78, 5) is 0. The van der Waals surface area contributed by atoms with Gasteiger partial charge in [0.1, 0.15) is 0 Å². The van der Waals surface area contributed by atoms with Gasteiger partial charge in [-0.3, -0.25) is 0 Å². The molecule has 0 aliphatic heterocycles. The minimum atomic E-state index is -1.19. The maximum Gasteiger partial charge on any atom is 0.0974 e. The fourth-order valence-electron chi connectivity index (χ4n) is 0.347. The molecule has 0 aliphatic carbocycles. The Kier molecular flexibility index (Phi) is 5.18. The molecule has 0 bridgehead atoms. The molecule has 0 rings (SSSR count). The van der Waals surface area contributed by atoms with Crippen molar-refractivity contribution in [1.82, 2.24) is 10.7 Å². The second kappa shape index (κ2) is 5.34. The highest BCUT2D eigenvalue weighted by Gasteiger charge is 2.02. The summed E-state index contributed by atoms with van der Waals surface area (Å²) in [7, 11) is 0. The molecule has 0 saturated carbocycles. The van der Waals surface area contributed by atoms with Gasteiger partial charge in [0.2, 0.25) is 0 Å². The van der Waals surface area contributed by atoms with E-state index in [9.17, 15) is 17.9 Å². The summed E-state index contributed by atoms with van der Waals surface area (Å²) in [5.41, 5.74) is 0.